The van der Waals surface area contributed by atoms with E-state index in [1.807, 2.05) is 0 Å². The van der Waals surface area contributed by atoms with Gasteiger partial charge >= 0.3 is 5.97 Å². The topological polar surface area (TPSA) is 81.4 Å². The van der Waals surface area contributed by atoms with Crippen molar-refractivity contribution in [1.82, 2.24) is 5.32 Å². The minimum Gasteiger partial charge on any atom is -0.469 e. The van der Waals surface area contributed by atoms with Gasteiger partial charge in [-0.2, -0.15) is 0 Å². The van der Waals surface area contributed by atoms with E-state index in [4.69, 9.17) is 10.5 Å². The van der Waals surface area contributed by atoms with Gasteiger partial charge in [0.1, 0.15) is 0 Å². The first kappa shape index (κ1) is 15.5. The Kier molecular flexibility index (Phi) is 3.55. The van der Waals surface area contributed by atoms with Crippen molar-refractivity contribution in [1.29, 1.82) is 0 Å². The second-order valence-corrected chi connectivity index (χ2v) is 7.87. The average molecular weight is 328 g/mol. The Labute approximate surface area is 141 Å². The van der Waals surface area contributed by atoms with Gasteiger partial charge in [-0.3, -0.25) is 9.59 Å². The number of ether oxygens (including phenoxy) is 1. The standard InChI is InChI=1S/C19H24N2O3/c1-24-18(23)19-8-11-5-13(9-19)16(14(6-11)10-19)21-17(22)12-3-2-4-15(20)7-12/h2-4,7,11,13-14,16H,5-6,8-10,20H2,1H3,(H,21,22). The molecular weight excluding hydrogens is 304 g/mol. The molecule has 4 fully saturated rings. The van der Waals surface area contributed by atoms with Crippen molar-refractivity contribution >= 4 is 17.6 Å². The Morgan fingerprint density at radius 1 is 1.21 bits per heavy atom. The van der Waals surface area contributed by atoms with Crippen LogP contribution < -0.4 is 11.1 Å². The number of benzene rings is 1. The van der Waals surface area contributed by atoms with Crippen molar-refractivity contribution in [3.8, 4) is 0 Å². The molecule has 0 heterocycles. The molecule has 1 aromatic carbocycles. The Balaban J connectivity index is 1.53. The Morgan fingerprint density at radius 3 is 2.54 bits per heavy atom. The van der Waals surface area contributed by atoms with E-state index in [0.717, 1.165) is 32.1 Å². The summed E-state index contributed by atoms with van der Waals surface area (Å²) in [5.74, 6) is 1.23. The number of nitrogens with two attached hydrogens (primary N) is 1. The first-order valence-corrected chi connectivity index (χ1v) is 8.75. The monoisotopic (exact) mass is 328 g/mol. The molecule has 0 saturated heterocycles. The Bertz CT molecular complexity index is 671. The van der Waals surface area contributed by atoms with E-state index < -0.39 is 0 Å². The lowest BCUT2D eigenvalue weighted by Crippen LogP contribution is -2.61. The minimum absolute atomic E-state index is 0.0532. The zero-order valence-electron chi connectivity index (χ0n) is 14.0. The van der Waals surface area contributed by atoms with Crippen LogP contribution in [0.3, 0.4) is 0 Å². The number of carbonyl (C=O) groups is 2. The van der Waals surface area contributed by atoms with E-state index in [9.17, 15) is 9.59 Å². The maximum absolute atomic E-state index is 12.6. The molecule has 4 saturated carbocycles. The molecule has 4 aliphatic carbocycles. The van der Waals surface area contributed by atoms with Crippen LogP contribution in [-0.4, -0.2) is 25.0 Å². The molecule has 24 heavy (non-hydrogen) atoms. The fourth-order valence-corrected chi connectivity index (χ4v) is 5.64. The molecule has 0 radical (unpaired) electrons. The number of methoxy groups -OCH3 is 1. The summed E-state index contributed by atoms with van der Waals surface area (Å²) in [6, 6.07) is 7.24. The van der Waals surface area contributed by atoms with Gasteiger partial charge in [-0.15, -0.1) is 0 Å². The molecule has 1 amide bonds. The molecule has 5 nitrogen and oxygen atoms in total. The second-order valence-electron chi connectivity index (χ2n) is 7.87. The Morgan fingerprint density at radius 2 is 1.92 bits per heavy atom. The number of rotatable bonds is 3. The quantitative estimate of drug-likeness (QED) is 0.659. The van der Waals surface area contributed by atoms with Crippen LogP contribution >= 0.6 is 0 Å². The van der Waals surface area contributed by atoms with E-state index >= 15 is 0 Å². The third-order valence-corrected chi connectivity index (χ3v) is 6.34. The summed E-state index contributed by atoms with van der Waals surface area (Å²) in [7, 11) is 1.49. The number of anilines is 1. The van der Waals surface area contributed by atoms with Gasteiger partial charge in [0.2, 0.25) is 0 Å². The summed E-state index contributed by atoms with van der Waals surface area (Å²) in [4.78, 5) is 24.9. The third-order valence-electron chi connectivity index (χ3n) is 6.34. The highest BCUT2D eigenvalue weighted by molar-refractivity contribution is 5.95. The largest absolute Gasteiger partial charge is 0.469 e. The van der Waals surface area contributed by atoms with Gasteiger partial charge in [0, 0.05) is 17.3 Å². The van der Waals surface area contributed by atoms with E-state index in [1.165, 1.54) is 7.11 Å². The summed E-state index contributed by atoms with van der Waals surface area (Å²) < 4.78 is 5.09. The number of hydrogen-bond acceptors (Lipinski definition) is 4. The lowest BCUT2D eigenvalue weighted by Gasteiger charge is -2.58. The van der Waals surface area contributed by atoms with Crippen LogP contribution in [0.5, 0.6) is 0 Å². The lowest BCUT2D eigenvalue weighted by atomic mass is 9.48. The normalized spacial score (nSPS) is 36.4. The highest BCUT2D eigenvalue weighted by Gasteiger charge is 2.59. The molecular formula is C19H24N2O3. The van der Waals surface area contributed by atoms with E-state index in [2.05, 4.69) is 5.32 Å². The molecule has 3 N–H and O–H groups in total. The fourth-order valence-electron chi connectivity index (χ4n) is 5.64. The van der Waals surface area contributed by atoms with Gasteiger partial charge in [-0.25, -0.2) is 0 Å². The SMILES string of the molecule is COC(=O)C12CC3CC(C1)C(NC(=O)c1cccc(N)c1)C(C3)C2. The minimum atomic E-state index is -0.302. The second kappa shape index (κ2) is 5.50. The van der Waals surface area contributed by atoms with Gasteiger partial charge < -0.3 is 15.8 Å². The van der Waals surface area contributed by atoms with E-state index in [-0.39, 0.29) is 23.3 Å². The number of amides is 1. The highest BCUT2D eigenvalue weighted by atomic mass is 16.5. The Hall–Kier alpha value is -2.04. The molecule has 0 aromatic heterocycles. The van der Waals surface area contributed by atoms with Gasteiger partial charge in [0.15, 0.2) is 0 Å². The summed E-state index contributed by atoms with van der Waals surface area (Å²) in [6.45, 7) is 0. The molecule has 1 aromatic rings. The zero-order valence-corrected chi connectivity index (χ0v) is 14.0. The molecule has 4 aliphatic rings. The van der Waals surface area contributed by atoms with Crippen molar-refractivity contribution in [2.24, 2.45) is 23.2 Å². The summed E-state index contributed by atoms with van der Waals surface area (Å²) in [5.41, 5.74) is 6.68. The molecule has 5 rings (SSSR count). The van der Waals surface area contributed by atoms with Gasteiger partial charge in [0.25, 0.3) is 5.91 Å². The molecule has 0 spiro atoms. The molecule has 2 atom stereocenters. The first-order valence-electron chi connectivity index (χ1n) is 8.75. The maximum Gasteiger partial charge on any atom is 0.311 e. The lowest BCUT2D eigenvalue weighted by molar-refractivity contribution is -0.170. The smallest absolute Gasteiger partial charge is 0.311 e. The molecule has 4 bridgehead atoms. The van der Waals surface area contributed by atoms with Crippen molar-refractivity contribution < 1.29 is 14.3 Å². The van der Waals surface area contributed by atoms with Crippen LogP contribution in [0, 0.1) is 23.2 Å². The van der Waals surface area contributed by atoms with Crippen molar-refractivity contribution in [3.05, 3.63) is 29.8 Å². The van der Waals surface area contributed by atoms with E-state index in [0.29, 0.717) is 29.0 Å². The van der Waals surface area contributed by atoms with Crippen LogP contribution in [0.25, 0.3) is 0 Å². The number of esters is 1. The van der Waals surface area contributed by atoms with Crippen molar-refractivity contribution in [2.45, 2.75) is 38.1 Å². The third kappa shape index (κ3) is 2.38. The predicted octanol–water partition coefficient (Wildman–Crippen LogP) is 2.37. The number of hydrogen-bond donors (Lipinski definition) is 2. The molecule has 128 valence electrons. The average Bonchev–Trinajstić information content (AvgIpc) is 2.56. The predicted molar refractivity (Wildman–Crippen MR) is 90.1 cm³/mol. The number of carbonyl (C=O) groups excluding carboxylic acids is 2. The van der Waals surface area contributed by atoms with Crippen LogP contribution in [0.15, 0.2) is 24.3 Å². The summed E-state index contributed by atoms with van der Waals surface area (Å²) in [5, 5.41) is 3.23. The fraction of sp³-hybridized carbons (Fsp3) is 0.579. The van der Waals surface area contributed by atoms with Gasteiger partial charge in [-0.05, 0) is 68.1 Å². The van der Waals surface area contributed by atoms with Gasteiger partial charge in [-0.1, -0.05) is 6.07 Å². The van der Waals surface area contributed by atoms with Crippen LogP contribution in [-0.2, 0) is 9.53 Å². The highest BCUT2D eigenvalue weighted by Crippen LogP contribution is 2.60. The zero-order chi connectivity index (χ0) is 16.9. The van der Waals surface area contributed by atoms with Crippen LogP contribution in [0.2, 0.25) is 0 Å². The van der Waals surface area contributed by atoms with Crippen molar-refractivity contribution in [2.75, 3.05) is 12.8 Å². The van der Waals surface area contributed by atoms with Crippen molar-refractivity contribution in [3.63, 3.8) is 0 Å². The molecule has 0 aliphatic heterocycles. The molecule has 2 unspecified atom stereocenters. The number of nitrogens with one attached hydrogen (secondary N) is 1. The van der Waals surface area contributed by atoms with Crippen LogP contribution in [0.4, 0.5) is 5.69 Å². The summed E-state index contributed by atoms with van der Waals surface area (Å²) in [6.07, 6.45) is 4.86. The van der Waals surface area contributed by atoms with E-state index in [1.54, 1.807) is 24.3 Å². The van der Waals surface area contributed by atoms with Crippen LogP contribution in [0.1, 0.15) is 42.5 Å². The maximum atomic E-state index is 12.6. The molecule has 5 heteroatoms. The van der Waals surface area contributed by atoms with Gasteiger partial charge in [0.05, 0.1) is 12.5 Å². The number of nitrogen functional groups attached to an aromatic ring is 1. The summed E-state index contributed by atoms with van der Waals surface area (Å²) >= 11 is 0. The first-order chi connectivity index (χ1) is 11.5.